The second-order valence-electron chi connectivity index (χ2n) is 7.94. The normalized spacial score (nSPS) is 18.1. The number of amides is 3. The quantitative estimate of drug-likeness (QED) is 0.617. The standard InChI is InChI=1S/C23H24N4O4S/c1-14-6-8-16(9-7-14)27-21(29)12-17(22(27)18-5-4-10-32-18)23(30)26(3)13-20(28)24-19-11-15(2)31-25-19/h4-11,17,22H,12-13H2,1-3H3,(H,24,25,28)/t17-,22+/m0/s1. The van der Waals surface area contributed by atoms with Crippen molar-refractivity contribution < 1.29 is 18.9 Å². The summed E-state index contributed by atoms with van der Waals surface area (Å²) in [4.78, 5) is 42.8. The fourth-order valence-corrected chi connectivity index (χ4v) is 4.82. The average Bonchev–Trinajstić information content (AvgIpc) is 3.48. The first kappa shape index (κ1) is 21.8. The minimum atomic E-state index is -0.588. The number of anilines is 2. The van der Waals surface area contributed by atoms with Crippen LogP contribution in [0.25, 0.3) is 0 Å². The number of aryl methyl sites for hydroxylation is 2. The van der Waals surface area contributed by atoms with Crippen molar-refractivity contribution >= 4 is 40.6 Å². The van der Waals surface area contributed by atoms with E-state index in [2.05, 4.69) is 10.5 Å². The fourth-order valence-electron chi connectivity index (χ4n) is 3.93. The minimum Gasteiger partial charge on any atom is -0.360 e. The summed E-state index contributed by atoms with van der Waals surface area (Å²) in [6, 6.07) is 12.7. The number of carbonyl (C=O) groups excluding carboxylic acids is 3. The highest BCUT2D eigenvalue weighted by Crippen LogP contribution is 2.43. The molecule has 9 heteroatoms. The molecule has 0 radical (unpaired) electrons. The molecular formula is C23H24N4O4S. The van der Waals surface area contributed by atoms with Gasteiger partial charge in [-0.3, -0.25) is 14.4 Å². The first-order chi connectivity index (χ1) is 15.3. The van der Waals surface area contributed by atoms with Crippen molar-refractivity contribution in [1.29, 1.82) is 0 Å². The highest BCUT2D eigenvalue weighted by Gasteiger charge is 2.46. The maximum atomic E-state index is 13.4. The van der Waals surface area contributed by atoms with Crippen LogP contribution in [-0.2, 0) is 14.4 Å². The van der Waals surface area contributed by atoms with Gasteiger partial charge in [0.15, 0.2) is 5.82 Å². The summed E-state index contributed by atoms with van der Waals surface area (Å²) in [5.41, 5.74) is 1.85. The Kier molecular flexibility index (Phi) is 6.09. The molecule has 1 N–H and O–H groups in total. The Bertz CT molecular complexity index is 1120. The Morgan fingerprint density at radius 3 is 2.62 bits per heavy atom. The van der Waals surface area contributed by atoms with Crippen LogP contribution in [0.15, 0.2) is 52.4 Å². The van der Waals surface area contributed by atoms with Gasteiger partial charge in [-0.2, -0.15) is 0 Å². The lowest BCUT2D eigenvalue weighted by atomic mass is 9.97. The lowest BCUT2D eigenvalue weighted by Gasteiger charge is -2.29. The molecule has 0 unspecified atom stereocenters. The molecule has 1 aliphatic rings. The van der Waals surface area contributed by atoms with Gasteiger partial charge in [0.2, 0.25) is 17.7 Å². The zero-order valence-electron chi connectivity index (χ0n) is 18.1. The maximum absolute atomic E-state index is 13.4. The Morgan fingerprint density at radius 2 is 2.00 bits per heavy atom. The number of hydrogen-bond donors (Lipinski definition) is 1. The van der Waals surface area contributed by atoms with E-state index in [1.165, 1.54) is 16.2 Å². The molecule has 166 valence electrons. The van der Waals surface area contributed by atoms with Crippen molar-refractivity contribution in [2.45, 2.75) is 26.3 Å². The number of hydrogen-bond acceptors (Lipinski definition) is 6. The monoisotopic (exact) mass is 452 g/mol. The van der Waals surface area contributed by atoms with Gasteiger partial charge in [-0.1, -0.05) is 28.9 Å². The second kappa shape index (κ2) is 8.96. The molecule has 3 heterocycles. The average molecular weight is 453 g/mol. The van der Waals surface area contributed by atoms with E-state index in [9.17, 15) is 14.4 Å². The van der Waals surface area contributed by atoms with Gasteiger partial charge in [-0.25, -0.2) is 0 Å². The Balaban J connectivity index is 1.54. The van der Waals surface area contributed by atoms with Crippen LogP contribution in [-0.4, -0.2) is 41.4 Å². The number of nitrogens with one attached hydrogen (secondary N) is 1. The lowest BCUT2D eigenvalue weighted by Crippen LogP contribution is -2.40. The van der Waals surface area contributed by atoms with E-state index < -0.39 is 12.0 Å². The van der Waals surface area contributed by atoms with Crippen LogP contribution in [0.3, 0.4) is 0 Å². The smallest absolute Gasteiger partial charge is 0.245 e. The molecule has 0 spiro atoms. The van der Waals surface area contributed by atoms with Crippen LogP contribution in [0.5, 0.6) is 0 Å². The van der Waals surface area contributed by atoms with E-state index >= 15 is 0 Å². The van der Waals surface area contributed by atoms with E-state index in [-0.39, 0.29) is 30.7 Å². The SMILES string of the molecule is Cc1ccc(N2C(=O)C[C@H](C(=O)N(C)CC(=O)Nc3cc(C)on3)[C@@H]2c2cccs2)cc1. The molecule has 2 atom stereocenters. The molecule has 1 aliphatic heterocycles. The van der Waals surface area contributed by atoms with Gasteiger partial charge in [0.05, 0.1) is 18.5 Å². The van der Waals surface area contributed by atoms with Crippen molar-refractivity contribution in [3.63, 3.8) is 0 Å². The predicted molar refractivity (Wildman–Crippen MR) is 121 cm³/mol. The summed E-state index contributed by atoms with van der Waals surface area (Å²) >= 11 is 1.51. The number of nitrogens with zero attached hydrogens (tertiary/aromatic N) is 3. The summed E-state index contributed by atoms with van der Waals surface area (Å²) < 4.78 is 4.94. The topological polar surface area (TPSA) is 95.8 Å². The molecule has 1 aromatic carbocycles. The van der Waals surface area contributed by atoms with Gasteiger partial charge in [-0.05, 0) is 37.4 Å². The van der Waals surface area contributed by atoms with Crippen molar-refractivity contribution in [3.8, 4) is 0 Å². The molecule has 0 aliphatic carbocycles. The Morgan fingerprint density at radius 1 is 1.25 bits per heavy atom. The minimum absolute atomic E-state index is 0.0870. The van der Waals surface area contributed by atoms with Crippen molar-refractivity contribution in [1.82, 2.24) is 10.1 Å². The Hall–Kier alpha value is -3.46. The number of rotatable bonds is 6. The largest absolute Gasteiger partial charge is 0.360 e. The van der Waals surface area contributed by atoms with Gasteiger partial charge in [0, 0.05) is 30.1 Å². The molecule has 3 aromatic rings. The molecule has 1 fully saturated rings. The third kappa shape index (κ3) is 4.43. The van der Waals surface area contributed by atoms with Crippen LogP contribution in [0.4, 0.5) is 11.5 Å². The van der Waals surface area contributed by atoms with Crippen molar-refractivity contribution in [2.24, 2.45) is 5.92 Å². The summed E-state index contributed by atoms with van der Waals surface area (Å²) in [7, 11) is 1.57. The van der Waals surface area contributed by atoms with Crippen molar-refractivity contribution in [2.75, 3.05) is 23.8 Å². The molecule has 3 amide bonds. The van der Waals surface area contributed by atoms with Gasteiger partial charge >= 0.3 is 0 Å². The van der Waals surface area contributed by atoms with E-state index in [1.807, 2.05) is 48.7 Å². The third-order valence-electron chi connectivity index (χ3n) is 5.44. The molecular weight excluding hydrogens is 428 g/mol. The van der Waals surface area contributed by atoms with Crippen LogP contribution >= 0.6 is 11.3 Å². The molecule has 1 saturated heterocycles. The molecule has 4 rings (SSSR count). The first-order valence-electron chi connectivity index (χ1n) is 10.2. The molecule has 0 saturated carbocycles. The van der Waals surface area contributed by atoms with Crippen LogP contribution in [0, 0.1) is 19.8 Å². The van der Waals surface area contributed by atoms with Crippen LogP contribution < -0.4 is 10.2 Å². The highest BCUT2D eigenvalue weighted by atomic mass is 32.1. The number of carbonyl (C=O) groups is 3. The van der Waals surface area contributed by atoms with Gasteiger partial charge in [-0.15, -0.1) is 11.3 Å². The zero-order chi connectivity index (χ0) is 22.8. The van der Waals surface area contributed by atoms with E-state index in [1.54, 1.807) is 24.9 Å². The van der Waals surface area contributed by atoms with Crippen LogP contribution in [0.2, 0.25) is 0 Å². The molecule has 32 heavy (non-hydrogen) atoms. The summed E-state index contributed by atoms with van der Waals surface area (Å²) in [6.07, 6.45) is 0.0870. The number of thiophene rings is 1. The highest BCUT2D eigenvalue weighted by molar-refractivity contribution is 7.10. The van der Waals surface area contributed by atoms with Crippen LogP contribution in [0.1, 0.15) is 28.7 Å². The second-order valence-corrected chi connectivity index (χ2v) is 8.91. The van der Waals surface area contributed by atoms with E-state index in [0.29, 0.717) is 11.6 Å². The van der Waals surface area contributed by atoms with Crippen molar-refractivity contribution in [3.05, 3.63) is 64.0 Å². The molecule has 8 nitrogen and oxygen atoms in total. The van der Waals surface area contributed by atoms with Gasteiger partial charge < -0.3 is 19.6 Å². The fraction of sp³-hybridized carbons (Fsp3) is 0.304. The first-order valence-corrected chi connectivity index (χ1v) is 11.1. The predicted octanol–water partition coefficient (Wildman–Crippen LogP) is 3.54. The maximum Gasteiger partial charge on any atom is 0.245 e. The van der Waals surface area contributed by atoms with Gasteiger partial charge in [0.1, 0.15) is 5.76 Å². The van der Waals surface area contributed by atoms with E-state index in [0.717, 1.165) is 16.1 Å². The van der Waals surface area contributed by atoms with Gasteiger partial charge in [0.25, 0.3) is 0 Å². The Labute approximate surface area is 189 Å². The third-order valence-corrected chi connectivity index (χ3v) is 6.38. The molecule has 2 aromatic heterocycles. The number of benzene rings is 1. The number of aromatic nitrogens is 1. The lowest BCUT2D eigenvalue weighted by molar-refractivity contribution is -0.137. The molecule has 0 bridgehead atoms. The number of likely N-dealkylation sites (N-methyl/N-ethyl adjacent to an activating group) is 1. The van der Waals surface area contributed by atoms with E-state index in [4.69, 9.17) is 4.52 Å². The zero-order valence-corrected chi connectivity index (χ0v) is 18.9. The summed E-state index contributed by atoms with van der Waals surface area (Å²) in [5, 5.41) is 8.28. The summed E-state index contributed by atoms with van der Waals surface area (Å²) in [5.74, 6) is -0.467. The summed E-state index contributed by atoms with van der Waals surface area (Å²) in [6.45, 7) is 3.55.